The van der Waals surface area contributed by atoms with E-state index in [1.165, 1.54) is 16.7 Å². The SMILES string of the molecule is COc1ccc(Br)c(CC2(N)CCc3ccccc32)c1. The molecule has 2 aromatic rings. The van der Waals surface area contributed by atoms with Crippen molar-refractivity contribution < 1.29 is 4.74 Å². The van der Waals surface area contributed by atoms with Crippen molar-refractivity contribution in [1.82, 2.24) is 0 Å². The molecule has 0 aromatic heterocycles. The summed E-state index contributed by atoms with van der Waals surface area (Å²) < 4.78 is 6.41. The Morgan fingerprint density at radius 2 is 2.05 bits per heavy atom. The molecule has 20 heavy (non-hydrogen) atoms. The lowest BCUT2D eigenvalue weighted by molar-refractivity contribution is 0.410. The van der Waals surface area contributed by atoms with Crippen LogP contribution in [0.3, 0.4) is 0 Å². The Bertz CT molecular complexity index is 641. The first-order chi connectivity index (χ1) is 9.62. The lowest BCUT2D eigenvalue weighted by atomic mass is 9.86. The highest BCUT2D eigenvalue weighted by molar-refractivity contribution is 9.10. The van der Waals surface area contributed by atoms with Crippen molar-refractivity contribution in [3.63, 3.8) is 0 Å². The molecule has 0 amide bonds. The number of hydrogen-bond donors (Lipinski definition) is 1. The van der Waals surface area contributed by atoms with Crippen LogP contribution in [0.2, 0.25) is 0 Å². The van der Waals surface area contributed by atoms with Gasteiger partial charge in [0.1, 0.15) is 5.75 Å². The van der Waals surface area contributed by atoms with Gasteiger partial charge in [0.15, 0.2) is 0 Å². The van der Waals surface area contributed by atoms with E-state index in [-0.39, 0.29) is 5.54 Å². The van der Waals surface area contributed by atoms with Gasteiger partial charge >= 0.3 is 0 Å². The molecule has 3 rings (SSSR count). The zero-order valence-corrected chi connectivity index (χ0v) is 13.1. The van der Waals surface area contributed by atoms with Crippen LogP contribution in [0.15, 0.2) is 46.9 Å². The van der Waals surface area contributed by atoms with Crippen LogP contribution in [0.1, 0.15) is 23.1 Å². The Morgan fingerprint density at radius 1 is 1.25 bits per heavy atom. The topological polar surface area (TPSA) is 35.2 Å². The summed E-state index contributed by atoms with van der Waals surface area (Å²) in [5.41, 5.74) is 10.3. The Labute approximate surface area is 128 Å². The minimum atomic E-state index is -0.272. The minimum absolute atomic E-state index is 0.272. The maximum atomic E-state index is 6.70. The van der Waals surface area contributed by atoms with Gasteiger partial charge in [-0.2, -0.15) is 0 Å². The lowest BCUT2D eigenvalue weighted by Gasteiger charge is -2.26. The molecule has 2 nitrogen and oxygen atoms in total. The molecule has 0 spiro atoms. The average Bonchev–Trinajstić information content (AvgIpc) is 2.80. The molecule has 1 unspecified atom stereocenters. The fraction of sp³-hybridized carbons (Fsp3) is 0.294. The summed E-state index contributed by atoms with van der Waals surface area (Å²) in [5.74, 6) is 0.873. The predicted molar refractivity (Wildman–Crippen MR) is 85.0 cm³/mol. The third-order valence-corrected chi connectivity index (χ3v) is 4.93. The first kappa shape index (κ1) is 13.7. The van der Waals surface area contributed by atoms with Crippen LogP contribution in [-0.2, 0) is 18.4 Å². The van der Waals surface area contributed by atoms with E-state index in [0.717, 1.165) is 29.5 Å². The highest BCUT2D eigenvalue weighted by Crippen LogP contribution is 2.39. The number of aryl methyl sites for hydroxylation is 1. The summed E-state index contributed by atoms with van der Waals surface area (Å²) in [6, 6.07) is 14.6. The first-order valence-corrected chi connectivity index (χ1v) is 7.61. The number of rotatable bonds is 3. The zero-order chi connectivity index (χ0) is 14.2. The van der Waals surface area contributed by atoms with Gasteiger partial charge in [0, 0.05) is 10.0 Å². The number of hydrogen-bond acceptors (Lipinski definition) is 2. The van der Waals surface area contributed by atoms with Crippen molar-refractivity contribution in [2.75, 3.05) is 7.11 Å². The number of halogens is 1. The highest BCUT2D eigenvalue weighted by atomic mass is 79.9. The third kappa shape index (κ3) is 2.36. The molecule has 1 aliphatic rings. The van der Waals surface area contributed by atoms with E-state index in [0.29, 0.717) is 0 Å². The van der Waals surface area contributed by atoms with Gasteiger partial charge in [0.2, 0.25) is 0 Å². The Kier molecular flexibility index (Phi) is 3.57. The number of nitrogens with two attached hydrogens (primary N) is 1. The van der Waals surface area contributed by atoms with Gasteiger partial charge in [-0.05, 0) is 54.2 Å². The molecular weight excluding hydrogens is 314 g/mol. The van der Waals surface area contributed by atoms with Crippen molar-refractivity contribution >= 4 is 15.9 Å². The van der Waals surface area contributed by atoms with E-state index >= 15 is 0 Å². The summed E-state index contributed by atoms with van der Waals surface area (Å²) in [6.07, 6.45) is 2.88. The first-order valence-electron chi connectivity index (χ1n) is 6.82. The van der Waals surface area contributed by atoms with E-state index in [2.05, 4.69) is 46.3 Å². The second-order valence-corrected chi connectivity index (χ2v) is 6.30. The van der Waals surface area contributed by atoms with E-state index in [4.69, 9.17) is 10.5 Å². The van der Waals surface area contributed by atoms with E-state index < -0.39 is 0 Å². The zero-order valence-electron chi connectivity index (χ0n) is 11.5. The molecule has 104 valence electrons. The van der Waals surface area contributed by atoms with Crippen LogP contribution in [-0.4, -0.2) is 7.11 Å². The van der Waals surface area contributed by atoms with Crippen LogP contribution >= 0.6 is 15.9 Å². The second-order valence-electron chi connectivity index (χ2n) is 5.45. The van der Waals surface area contributed by atoms with Crippen molar-refractivity contribution in [1.29, 1.82) is 0 Å². The van der Waals surface area contributed by atoms with Crippen LogP contribution in [0.4, 0.5) is 0 Å². The quantitative estimate of drug-likeness (QED) is 0.928. The van der Waals surface area contributed by atoms with Crippen LogP contribution in [0.5, 0.6) is 5.75 Å². The van der Waals surface area contributed by atoms with Gasteiger partial charge in [0.25, 0.3) is 0 Å². The van der Waals surface area contributed by atoms with Crippen molar-refractivity contribution in [2.45, 2.75) is 24.8 Å². The van der Waals surface area contributed by atoms with Gasteiger partial charge in [-0.15, -0.1) is 0 Å². The molecule has 0 saturated heterocycles. The molecule has 0 radical (unpaired) electrons. The van der Waals surface area contributed by atoms with Crippen LogP contribution in [0, 0.1) is 0 Å². The average molecular weight is 332 g/mol. The van der Waals surface area contributed by atoms with Gasteiger partial charge in [0.05, 0.1) is 7.11 Å². The summed E-state index contributed by atoms with van der Waals surface area (Å²) in [7, 11) is 1.69. The molecule has 1 aliphatic carbocycles. The third-order valence-electron chi connectivity index (χ3n) is 4.15. The van der Waals surface area contributed by atoms with Crippen LogP contribution < -0.4 is 10.5 Å². The number of fused-ring (bicyclic) bond motifs is 1. The molecule has 0 aliphatic heterocycles. The Balaban J connectivity index is 1.96. The van der Waals surface area contributed by atoms with Crippen LogP contribution in [0.25, 0.3) is 0 Å². The van der Waals surface area contributed by atoms with Crippen molar-refractivity contribution in [2.24, 2.45) is 5.73 Å². The molecule has 3 heteroatoms. The lowest BCUT2D eigenvalue weighted by Crippen LogP contribution is -2.36. The molecule has 2 aromatic carbocycles. The maximum absolute atomic E-state index is 6.70. The number of benzene rings is 2. The molecule has 1 atom stereocenters. The molecule has 0 heterocycles. The normalized spacial score (nSPS) is 20.8. The van der Waals surface area contributed by atoms with Gasteiger partial charge in [-0.1, -0.05) is 40.2 Å². The minimum Gasteiger partial charge on any atom is -0.497 e. The summed E-state index contributed by atoms with van der Waals surface area (Å²) in [5, 5.41) is 0. The van der Waals surface area contributed by atoms with E-state index in [1.54, 1.807) is 7.11 Å². The van der Waals surface area contributed by atoms with Gasteiger partial charge < -0.3 is 10.5 Å². The van der Waals surface area contributed by atoms with E-state index in [1.807, 2.05) is 12.1 Å². The fourth-order valence-electron chi connectivity index (χ4n) is 3.05. The Hall–Kier alpha value is -1.32. The molecule has 0 fully saturated rings. The van der Waals surface area contributed by atoms with Crippen molar-refractivity contribution in [3.05, 3.63) is 63.6 Å². The van der Waals surface area contributed by atoms with Crippen molar-refractivity contribution in [3.8, 4) is 5.75 Å². The van der Waals surface area contributed by atoms with E-state index in [9.17, 15) is 0 Å². The number of ether oxygens (including phenoxy) is 1. The fourth-order valence-corrected chi connectivity index (χ4v) is 3.44. The summed E-state index contributed by atoms with van der Waals surface area (Å²) in [6.45, 7) is 0. The highest BCUT2D eigenvalue weighted by Gasteiger charge is 2.35. The largest absolute Gasteiger partial charge is 0.497 e. The van der Waals surface area contributed by atoms with Gasteiger partial charge in [-0.3, -0.25) is 0 Å². The molecule has 2 N–H and O–H groups in total. The Morgan fingerprint density at radius 3 is 2.85 bits per heavy atom. The maximum Gasteiger partial charge on any atom is 0.119 e. The number of methoxy groups -OCH3 is 1. The molecule has 0 bridgehead atoms. The monoisotopic (exact) mass is 331 g/mol. The second kappa shape index (κ2) is 5.23. The van der Waals surface area contributed by atoms with Gasteiger partial charge in [-0.25, -0.2) is 0 Å². The molecule has 0 saturated carbocycles. The summed E-state index contributed by atoms with van der Waals surface area (Å²) in [4.78, 5) is 0. The summed E-state index contributed by atoms with van der Waals surface area (Å²) >= 11 is 3.62. The predicted octanol–water partition coefficient (Wildman–Crippen LogP) is 3.80. The standard InChI is InChI=1S/C17H18BrNO/c1-20-14-6-7-16(18)13(10-14)11-17(19)9-8-12-4-2-3-5-15(12)17/h2-7,10H,8-9,11,19H2,1H3. The smallest absolute Gasteiger partial charge is 0.119 e. The molecular formula is C17H18BrNO.